The first kappa shape index (κ1) is 20.3. The second-order valence-corrected chi connectivity index (χ2v) is 7.45. The van der Waals surface area contributed by atoms with Crippen LogP contribution in [-0.4, -0.2) is 6.11 Å². The van der Waals surface area contributed by atoms with Crippen LogP contribution in [0.3, 0.4) is 0 Å². The van der Waals surface area contributed by atoms with Crippen LogP contribution in [0.25, 0.3) is 10.1 Å². The third-order valence-corrected chi connectivity index (χ3v) is 5.40. The van der Waals surface area contributed by atoms with Crippen molar-refractivity contribution in [2.75, 3.05) is 0 Å². The molecule has 2 aromatic carbocycles. The Balaban J connectivity index is 1.71. The number of hydrogen-bond donors (Lipinski definition) is 0. The zero-order valence-electron chi connectivity index (χ0n) is 14.8. The number of rotatable bonds is 8. The van der Waals surface area contributed by atoms with Gasteiger partial charge < -0.3 is 4.74 Å². The summed E-state index contributed by atoms with van der Waals surface area (Å²) in [4.78, 5) is 0.998. The van der Waals surface area contributed by atoms with Gasteiger partial charge in [0.2, 0.25) is 0 Å². The van der Waals surface area contributed by atoms with Gasteiger partial charge in [-0.15, -0.1) is 17.9 Å². The second-order valence-electron chi connectivity index (χ2n) is 6.31. The maximum Gasteiger partial charge on any atom is 0.398 e. The number of halogens is 5. The van der Waals surface area contributed by atoms with E-state index in [4.69, 9.17) is 0 Å². The smallest absolute Gasteiger partial charge is 0.398 e. The maximum absolute atomic E-state index is 14.7. The van der Waals surface area contributed by atoms with Gasteiger partial charge in [-0.05, 0) is 48.4 Å². The average Bonchev–Trinajstić information content (AvgIpc) is 3.06. The number of benzene rings is 2. The summed E-state index contributed by atoms with van der Waals surface area (Å²) >= 11 is 1.30. The van der Waals surface area contributed by atoms with Gasteiger partial charge in [-0.1, -0.05) is 18.2 Å². The number of ether oxygens (including phenoxy) is 1. The van der Waals surface area contributed by atoms with Crippen LogP contribution in [0, 0.1) is 17.5 Å². The minimum absolute atomic E-state index is 0.151. The molecule has 0 radical (unpaired) electrons. The lowest BCUT2D eigenvalue weighted by molar-refractivity contribution is -0.180. The van der Waals surface area contributed by atoms with Crippen LogP contribution in [-0.2, 0) is 12.8 Å². The SMILES string of the molecule is C=CCCc1cc2ccc(CCC(F)(F)Oc3ccc(F)c(F)c3)c(F)c2s1. The molecule has 0 aliphatic rings. The Kier molecular flexibility index (Phi) is 6.03. The van der Waals surface area contributed by atoms with Gasteiger partial charge in [0, 0.05) is 10.9 Å². The maximum atomic E-state index is 14.7. The topological polar surface area (TPSA) is 9.23 Å². The first-order chi connectivity index (χ1) is 13.3. The Morgan fingerprint density at radius 3 is 2.50 bits per heavy atom. The first-order valence-electron chi connectivity index (χ1n) is 8.61. The van der Waals surface area contributed by atoms with Gasteiger partial charge in [0.1, 0.15) is 11.6 Å². The van der Waals surface area contributed by atoms with E-state index in [1.54, 1.807) is 12.1 Å². The van der Waals surface area contributed by atoms with Crippen LogP contribution in [0.15, 0.2) is 49.1 Å². The third-order valence-electron chi connectivity index (χ3n) is 4.20. The predicted molar refractivity (Wildman–Crippen MR) is 101 cm³/mol. The van der Waals surface area contributed by atoms with Crippen molar-refractivity contribution in [3.8, 4) is 5.75 Å². The molecule has 28 heavy (non-hydrogen) atoms. The molecule has 0 fully saturated rings. The highest BCUT2D eigenvalue weighted by molar-refractivity contribution is 7.19. The summed E-state index contributed by atoms with van der Waals surface area (Å²) in [6, 6.07) is 7.24. The molecule has 1 heterocycles. The molecule has 7 heteroatoms. The molecule has 0 atom stereocenters. The van der Waals surface area contributed by atoms with Gasteiger partial charge >= 0.3 is 6.11 Å². The van der Waals surface area contributed by atoms with Crippen molar-refractivity contribution >= 4 is 21.4 Å². The number of alkyl halides is 2. The predicted octanol–water partition coefficient (Wildman–Crippen LogP) is 7.04. The van der Waals surface area contributed by atoms with Crippen LogP contribution in [0.1, 0.15) is 23.3 Å². The summed E-state index contributed by atoms with van der Waals surface area (Å²) in [5.41, 5.74) is 0.151. The summed E-state index contributed by atoms with van der Waals surface area (Å²) in [7, 11) is 0. The molecular formula is C21H17F5OS. The first-order valence-corrected chi connectivity index (χ1v) is 9.43. The fraction of sp³-hybridized carbons (Fsp3) is 0.238. The van der Waals surface area contributed by atoms with E-state index < -0.39 is 35.7 Å². The average molecular weight is 412 g/mol. The molecule has 0 bridgehead atoms. The zero-order valence-corrected chi connectivity index (χ0v) is 15.6. The number of allylic oxidation sites excluding steroid dienone is 1. The van der Waals surface area contributed by atoms with E-state index in [9.17, 15) is 22.0 Å². The van der Waals surface area contributed by atoms with E-state index in [0.717, 1.165) is 29.2 Å². The van der Waals surface area contributed by atoms with E-state index in [1.807, 2.05) is 6.07 Å². The molecule has 0 amide bonds. The van der Waals surface area contributed by atoms with Crippen LogP contribution < -0.4 is 4.74 Å². The molecule has 0 N–H and O–H groups in total. The van der Waals surface area contributed by atoms with Crippen molar-refractivity contribution in [3.63, 3.8) is 0 Å². The van der Waals surface area contributed by atoms with E-state index in [-0.39, 0.29) is 12.0 Å². The third kappa shape index (κ3) is 4.70. The van der Waals surface area contributed by atoms with Crippen molar-refractivity contribution in [1.29, 1.82) is 0 Å². The molecule has 0 aliphatic heterocycles. The number of thiophene rings is 1. The highest BCUT2D eigenvalue weighted by atomic mass is 32.1. The molecule has 148 valence electrons. The van der Waals surface area contributed by atoms with Crippen molar-refractivity contribution in [1.82, 2.24) is 0 Å². The van der Waals surface area contributed by atoms with Gasteiger partial charge in [0.25, 0.3) is 0 Å². The van der Waals surface area contributed by atoms with Gasteiger partial charge in [0.05, 0.1) is 11.1 Å². The van der Waals surface area contributed by atoms with Gasteiger partial charge in [-0.25, -0.2) is 13.2 Å². The number of aryl methyl sites for hydroxylation is 2. The molecule has 1 aromatic heterocycles. The molecule has 0 saturated carbocycles. The summed E-state index contributed by atoms with van der Waals surface area (Å²) in [6.07, 6.45) is -1.43. The normalized spacial score (nSPS) is 11.8. The summed E-state index contributed by atoms with van der Waals surface area (Å²) in [5, 5.41) is 0.732. The molecule has 0 saturated heterocycles. The van der Waals surface area contributed by atoms with Gasteiger partial charge in [-0.3, -0.25) is 0 Å². The van der Waals surface area contributed by atoms with E-state index in [1.165, 1.54) is 17.4 Å². The molecule has 1 nitrogen and oxygen atoms in total. The van der Waals surface area contributed by atoms with Gasteiger partial charge in [-0.2, -0.15) is 8.78 Å². The quantitative estimate of drug-likeness (QED) is 0.285. The zero-order chi connectivity index (χ0) is 20.3. The molecule has 0 unspecified atom stereocenters. The largest absolute Gasteiger partial charge is 0.432 e. The minimum Gasteiger partial charge on any atom is -0.432 e. The van der Waals surface area contributed by atoms with E-state index >= 15 is 0 Å². The summed E-state index contributed by atoms with van der Waals surface area (Å²) in [6.45, 7) is 3.66. The number of fused-ring (bicyclic) bond motifs is 1. The summed E-state index contributed by atoms with van der Waals surface area (Å²) in [5.74, 6) is -3.45. The van der Waals surface area contributed by atoms with Crippen molar-refractivity contribution < 1.29 is 26.7 Å². The van der Waals surface area contributed by atoms with Gasteiger partial charge in [0.15, 0.2) is 11.6 Å². The van der Waals surface area contributed by atoms with Crippen molar-refractivity contribution in [2.24, 2.45) is 0 Å². The highest BCUT2D eigenvalue weighted by Crippen LogP contribution is 2.33. The van der Waals surface area contributed by atoms with E-state index in [0.29, 0.717) is 16.8 Å². The monoisotopic (exact) mass is 412 g/mol. The lowest BCUT2D eigenvalue weighted by atomic mass is 10.1. The molecule has 0 aliphatic carbocycles. The van der Waals surface area contributed by atoms with Crippen molar-refractivity contribution in [2.45, 2.75) is 31.8 Å². The highest BCUT2D eigenvalue weighted by Gasteiger charge is 2.32. The molecule has 3 rings (SSSR count). The van der Waals surface area contributed by atoms with Crippen LogP contribution >= 0.6 is 11.3 Å². The van der Waals surface area contributed by atoms with E-state index in [2.05, 4.69) is 11.3 Å². The fourth-order valence-corrected chi connectivity index (χ4v) is 3.90. The lowest BCUT2D eigenvalue weighted by Crippen LogP contribution is -2.25. The molecular weight excluding hydrogens is 395 g/mol. The standard InChI is InChI=1S/C21H17F5OS/c1-2-3-4-16-11-14-6-5-13(19(24)20(14)28-16)9-10-21(25,26)27-15-7-8-17(22)18(23)12-15/h2,5-8,11-12H,1,3-4,9-10H2. The van der Waals surface area contributed by atoms with Crippen LogP contribution in [0.5, 0.6) is 5.75 Å². The Bertz CT molecular complexity index is 996. The Labute approximate surface area is 163 Å². The van der Waals surface area contributed by atoms with Crippen LogP contribution in [0.2, 0.25) is 0 Å². The second kappa shape index (κ2) is 8.31. The van der Waals surface area contributed by atoms with Crippen molar-refractivity contribution in [3.05, 3.63) is 76.9 Å². The Morgan fingerprint density at radius 1 is 1.00 bits per heavy atom. The minimum atomic E-state index is -3.66. The summed E-state index contributed by atoms with van der Waals surface area (Å²) < 4.78 is 73.7. The lowest BCUT2D eigenvalue weighted by Gasteiger charge is -2.18. The number of hydrogen-bond acceptors (Lipinski definition) is 2. The van der Waals surface area contributed by atoms with Crippen LogP contribution in [0.4, 0.5) is 22.0 Å². The fourth-order valence-electron chi connectivity index (χ4n) is 2.77. The molecule has 3 aromatic rings. The molecule has 0 spiro atoms. The Hall–Kier alpha value is -2.41. The Morgan fingerprint density at radius 2 is 1.79 bits per heavy atom.